The molecule has 5 nitrogen and oxygen atoms in total. The minimum absolute atomic E-state index is 0.0724. The molecule has 2 aliphatic carbocycles. The highest BCUT2D eigenvalue weighted by molar-refractivity contribution is 6.31. The molecular weight excluding hydrogens is 403 g/mol. The molecule has 2 saturated carbocycles. The minimum Gasteiger partial charge on any atom is -0.394 e. The molecule has 2 atom stereocenters. The molecule has 7 heteroatoms. The monoisotopic (exact) mass is 430 g/mol. The topological polar surface area (TPSA) is 76.1 Å². The van der Waals surface area contributed by atoms with Gasteiger partial charge in [0.15, 0.2) is 0 Å². The quantitative estimate of drug-likeness (QED) is 0.615. The van der Waals surface area contributed by atoms with Gasteiger partial charge >= 0.3 is 0 Å². The van der Waals surface area contributed by atoms with Gasteiger partial charge in [-0.15, -0.1) is 0 Å². The highest BCUT2D eigenvalue weighted by Gasteiger charge is 2.50. The summed E-state index contributed by atoms with van der Waals surface area (Å²) < 4.78 is 15.3. The predicted molar refractivity (Wildman–Crippen MR) is 119 cm³/mol. The van der Waals surface area contributed by atoms with Crippen LogP contribution in [0.5, 0.6) is 0 Å². The van der Waals surface area contributed by atoms with Gasteiger partial charge in [-0.2, -0.15) is 5.10 Å². The number of benzene rings is 1. The number of nitrogens with zero attached hydrogens (tertiary/aromatic N) is 2. The third-order valence-electron chi connectivity index (χ3n) is 6.80. The molecule has 30 heavy (non-hydrogen) atoms. The fraction of sp³-hybridized carbons (Fsp3) is 0.435. The number of hydrogen-bond acceptors (Lipinski definition) is 4. The molecule has 1 heterocycles. The summed E-state index contributed by atoms with van der Waals surface area (Å²) in [5.74, 6) is 1.16. The van der Waals surface area contributed by atoms with Crippen LogP contribution in [0.15, 0.2) is 42.6 Å². The van der Waals surface area contributed by atoms with E-state index in [2.05, 4.69) is 11.9 Å². The lowest BCUT2D eigenvalue weighted by molar-refractivity contribution is 0.0799. The van der Waals surface area contributed by atoms with E-state index in [1.165, 1.54) is 6.07 Å². The molecule has 2 aromatic rings. The van der Waals surface area contributed by atoms with Crippen LogP contribution >= 0.6 is 11.6 Å². The Morgan fingerprint density at radius 3 is 2.67 bits per heavy atom. The van der Waals surface area contributed by atoms with Gasteiger partial charge in [-0.05, 0) is 73.1 Å². The second-order valence-electron chi connectivity index (χ2n) is 8.67. The smallest absolute Gasteiger partial charge is 0.141 e. The lowest BCUT2D eigenvalue weighted by atomic mass is 9.86. The highest BCUT2D eigenvalue weighted by Crippen LogP contribution is 2.56. The Hall–Kier alpha value is -2.31. The average Bonchev–Trinajstić information content (AvgIpc) is 3.32. The molecule has 0 radical (unpaired) electrons. The van der Waals surface area contributed by atoms with Gasteiger partial charge in [-0.1, -0.05) is 24.2 Å². The highest BCUT2D eigenvalue weighted by atomic mass is 35.5. The molecule has 0 bridgehead atoms. The summed E-state index contributed by atoms with van der Waals surface area (Å²) >= 11 is 6.02. The molecule has 2 aliphatic rings. The standard InChI is InChI=1S/C23H28ClFN4O/c1-13(6-7-27-2)23(30)11-16-8-15(9-17(16)12-23)21-20(22(26)29(3)28-21)14-4-5-19(25)18(24)10-14/h4-7,10,15-17,27,30H,1,8-9,11-12,26H2,2-3H3/b7-6-. The Kier molecular flexibility index (Phi) is 5.41. The van der Waals surface area contributed by atoms with Crippen molar-refractivity contribution in [3.63, 3.8) is 0 Å². The van der Waals surface area contributed by atoms with Crippen molar-refractivity contribution in [1.82, 2.24) is 15.1 Å². The number of hydrogen-bond donors (Lipinski definition) is 3. The maximum Gasteiger partial charge on any atom is 0.141 e. The molecule has 0 aliphatic heterocycles. The van der Waals surface area contributed by atoms with E-state index in [-0.39, 0.29) is 10.9 Å². The summed E-state index contributed by atoms with van der Waals surface area (Å²) in [4.78, 5) is 0. The first-order valence-corrected chi connectivity index (χ1v) is 10.6. The van der Waals surface area contributed by atoms with Crippen molar-refractivity contribution in [2.24, 2.45) is 18.9 Å². The number of aromatic nitrogens is 2. The third-order valence-corrected chi connectivity index (χ3v) is 7.09. The number of halogens is 2. The predicted octanol–water partition coefficient (Wildman–Crippen LogP) is 4.39. The lowest BCUT2D eigenvalue weighted by Gasteiger charge is -2.25. The van der Waals surface area contributed by atoms with Gasteiger partial charge in [-0.25, -0.2) is 4.39 Å². The van der Waals surface area contributed by atoms with E-state index < -0.39 is 11.4 Å². The minimum atomic E-state index is -0.843. The van der Waals surface area contributed by atoms with Gasteiger partial charge in [0.25, 0.3) is 0 Å². The normalized spacial score (nSPS) is 28.2. The van der Waals surface area contributed by atoms with Crippen molar-refractivity contribution in [3.8, 4) is 11.1 Å². The van der Waals surface area contributed by atoms with Gasteiger partial charge in [0, 0.05) is 25.6 Å². The van der Waals surface area contributed by atoms with Crippen LogP contribution in [0.1, 0.15) is 37.3 Å². The van der Waals surface area contributed by atoms with Crippen LogP contribution in [0, 0.1) is 17.7 Å². The fourth-order valence-corrected chi connectivity index (χ4v) is 5.46. The van der Waals surface area contributed by atoms with Crippen LogP contribution < -0.4 is 11.1 Å². The molecular formula is C23H28ClFN4O. The Bertz CT molecular complexity index is 1000. The number of nitrogen functional groups attached to an aromatic ring is 1. The van der Waals surface area contributed by atoms with Crippen LogP contribution in [0.3, 0.4) is 0 Å². The first-order valence-electron chi connectivity index (χ1n) is 10.3. The fourth-order valence-electron chi connectivity index (χ4n) is 5.28. The molecule has 4 rings (SSSR count). The number of rotatable bonds is 5. The van der Waals surface area contributed by atoms with Crippen LogP contribution in [-0.4, -0.2) is 27.5 Å². The van der Waals surface area contributed by atoms with Gasteiger partial charge in [0.2, 0.25) is 0 Å². The Morgan fingerprint density at radius 1 is 1.40 bits per heavy atom. The maximum atomic E-state index is 13.7. The van der Waals surface area contributed by atoms with Crippen LogP contribution in [0.2, 0.25) is 5.02 Å². The Morgan fingerprint density at radius 2 is 2.07 bits per heavy atom. The van der Waals surface area contributed by atoms with E-state index in [4.69, 9.17) is 22.4 Å². The maximum absolute atomic E-state index is 13.7. The van der Waals surface area contributed by atoms with Crippen molar-refractivity contribution < 1.29 is 9.50 Å². The number of anilines is 1. The molecule has 160 valence electrons. The average molecular weight is 431 g/mol. The number of aryl methyl sites for hydroxylation is 1. The van der Waals surface area contributed by atoms with E-state index in [0.717, 1.165) is 35.2 Å². The summed E-state index contributed by atoms with van der Waals surface area (Å²) in [5, 5.41) is 18.9. The molecule has 4 N–H and O–H groups in total. The van der Waals surface area contributed by atoms with Crippen molar-refractivity contribution >= 4 is 17.4 Å². The summed E-state index contributed by atoms with van der Waals surface area (Å²) in [7, 11) is 3.65. The lowest BCUT2D eigenvalue weighted by Crippen LogP contribution is -2.27. The Labute approximate surface area is 181 Å². The third kappa shape index (κ3) is 3.52. The van der Waals surface area contributed by atoms with E-state index in [9.17, 15) is 9.50 Å². The second kappa shape index (κ2) is 7.75. The molecule has 2 unspecified atom stereocenters. The zero-order valence-corrected chi connectivity index (χ0v) is 18.1. The van der Waals surface area contributed by atoms with Crippen molar-refractivity contribution in [2.45, 2.75) is 37.2 Å². The zero-order chi connectivity index (χ0) is 21.6. The van der Waals surface area contributed by atoms with Crippen molar-refractivity contribution in [2.75, 3.05) is 12.8 Å². The van der Waals surface area contributed by atoms with Gasteiger partial charge in [0.1, 0.15) is 11.6 Å². The molecule has 0 saturated heterocycles. The van der Waals surface area contributed by atoms with E-state index in [1.54, 1.807) is 23.0 Å². The van der Waals surface area contributed by atoms with E-state index in [0.29, 0.717) is 30.5 Å². The summed E-state index contributed by atoms with van der Waals surface area (Å²) in [5.41, 5.74) is 8.80. The first-order chi connectivity index (χ1) is 14.2. The number of aliphatic hydroxyl groups is 1. The molecule has 2 fully saturated rings. The van der Waals surface area contributed by atoms with Gasteiger partial charge in [-0.3, -0.25) is 4.68 Å². The van der Waals surface area contributed by atoms with Crippen LogP contribution in [-0.2, 0) is 7.05 Å². The number of nitrogens with two attached hydrogens (primary N) is 1. The molecule has 0 spiro atoms. The van der Waals surface area contributed by atoms with Crippen molar-refractivity contribution in [1.29, 1.82) is 0 Å². The summed E-state index contributed by atoms with van der Waals surface area (Å²) in [6.45, 7) is 4.08. The SMILES string of the molecule is C=C(/C=C\NC)C1(O)CC2CC(c3nn(C)c(N)c3-c3ccc(F)c(Cl)c3)CC2C1. The van der Waals surface area contributed by atoms with Crippen LogP contribution in [0.25, 0.3) is 11.1 Å². The second-order valence-corrected chi connectivity index (χ2v) is 9.08. The first kappa shape index (κ1) is 20.9. The zero-order valence-electron chi connectivity index (χ0n) is 17.3. The molecule has 1 aromatic carbocycles. The molecule has 1 aromatic heterocycles. The Balaban J connectivity index is 1.58. The summed E-state index contributed by atoms with van der Waals surface area (Å²) in [6.07, 6.45) is 6.95. The largest absolute Gasteiger partial charge is 0.394 e. The van der Waals surface area contributed by atoms with E-state index >= 15 is 0 Å². The number of nitrogens with one attached hydrogen (secondary N) is 1. The van der Waals surface area contributed by atoms with Crippen LogP contribution in [0.4, 0.5) is 10.2 Å². The van der Waals surface area contributed by atoms with Gasteiger partial charge < -0.3 is 16.2 Å². The van der Waals surface area contributed by atoms with Crippen molar-refractivity contribution in [3.05, 3.63) is 59.2 Å². The number of fused-ring (bicyclic) bond motifs is 1. The summed E-state index contributed by atoms with van der Waals surface area (Å²) in [6, 6.07) is 4.67. The van der Waals surface area contributed by atoms with E-state index in [1.807, 2.05) is 20.2 Å². The van der Waals surface area contributed by atoms with Gasteiger partial charge in [0.05, 0.1) is 16.3 Å². The molecule has 0 amide bonds.